The van der Waals surface area contributed by atoms with Gasteiger partial charge in [0.1, 0.15) is 16.2 Å². The fourth-order valence-corrected chi connectivity index (χ4v) is 2.57. The summed E-state index contributed by atoms with van der Waals surface area (Å²) in [5.74, 6) is 3.36. The van der Waals surface area contributed by atoms with Crippen LogP contribution in [0.5, 0.6) is 11.6 Å². The van der Waals surface area contributed by atoms with Crippen molar-refractivity contribution in [1.29, 1.82) is 0 Å². The van der Waals surface area contributed by atoms with Crippen molar-refractivity contribution in [3.8, 4) is 11.6 Å². The van der Waals surface area contributed by atoms with Crippen molar-refractivity contribution >= 4 is 15.9 Å². The summed E-state index contributed by atoms with van der Waals surface area (Å²) in [6.07, 6.45) is 2.36. The Bertz CT molecular complexity index is 666. The molecular weight excluding hydrogens is 328 g/mol. The minimum atomic E-state index is 0.479. The Hall–Kier alpha value is -1.42. The van der Waals surface area contributed by atoms with Crippen LogP contribution in [0.4, 0.5) is 0 Å². The molecule has 0 spiro atoms. The summed E-state index contributed by atoms with van der Waals surface area (Å²) in [5.41, 5.74) is 2.38. The third-order valence-electron chi connectivity index (χ3n) is 3.72. The topological polar surface area (TPSA) is 35.0 Å². The Labute approximate surface area is 133 Å². The van der Waals surface area contributed by atoms with Crippen LogP contribution in [0.2, 0.25) is 0 Å². The number of aryl methyl sites for hydroxylation is 1. The van der Waals surface area contributed by atoms with Gasteiger partial charge < -0.3 is 4.74 Å². The maximum atomic E-state index is 6.02. The zero-order chi connectivity index (χ0) is 15.0. The van der Waals surface area contributed by atoms with Gasteiger partial charge in [-0.05, 0) is 58.8 Å². The third kappa shape index (κ3) is 3.43. The van der Waals surface area contributed by atoms with Crippen LogP contribution < -0.4 is 4.74 Å². The highest BCUT2D eigenvalue weighted by molar-refractivity contribution is 9.10. The number of nitrogens with zero attached hydrogens (tertiary/aromatic N) is 2. The molecule has 0 atom stereocenters. The molecule has 1 saturated carbocycles. The van der Waals surface area contributed by atoms with E-state index in [1.54, 1.807) is 0 Å². The van der Waals surface area contributed by atoms with Crippen LogP contribution in [-0.4, -0.2) is 9.97 Å². The summed E-state index contributed by atoms with van der Waals surface area (Å²) < 4.78 is 6.80. The molecule has 21 heavy (non-hydrogen) atoms. The van der Waals surface area contributed by atoms with Crippen molar-refractivity contribution in [3.63, 3.8) is 0 Å². The normalized spacial score (nSPS) is 14.5. The van der Waals surface area contributed by atoms with Crippen LogP contribution in [0, 0.1) is 6.92 Å². The number of rotatable bonds is 4. The molecule has 1 aliphatic rings. The minimum absolute atomic E-state index is 0.479. The highest BCUT2D eigenvalue weighted by Crippen LogP contribution is 2.39. The van der Waals surface area contributed by atoms with Gasteiger partial charge in [0.05, 0.1) is 0 Å². The highest BCUT2D eigenvalue weighted by Gasteiger charge is 2.27. The van der Waals surface area contributed by atoms with Gasteiger partial charge in [-0.2, -0.15) is 4.98 Å². The second-order valence-electron chi connectivity index (χ2n) is 5.94. The maximum Gasteiger partial charge on any atom is 0.223 e. The third-order valence-corrected chi connectivity index (χ3v) is 4.13. The molecule has 110 valence electrons. The van der Waals surface area contributed by atoms with E-state index in [-0.39, 0.29) is 0 Å². The van der Waals surface area contributed by atoms with E-state index in [9.17, 15) is 0 Å². The minimum Gasteiger partial charge on any atom is -0.439 e. The predicted octanol–water partition coefficient (Wildman–Crippen LogP) is 5.34. The summed E-state index contributed by atoms with van der Waals surface area (Å²) in [7, 11) is 0. The Kier molecular flexibility index (Phi) is 3.98. The molecule has 0 unspecified atom stereocenters. The molecule has 1 aromatic heterocycles. The molecule has 0 amide bonds. The lowest BCUT2D eigenvalue weighted by Crippen LogP contribution is -1.98. The highest BCUT2D eigenvalue weighted by atomic mass is 79.9. The first-order valence-corrected chi connectivity index (χ1v) is 8.15. The number of hydrogen-bond donors (Lipinski definition) is 0. The van der Waals surface area contributed by atoms with Crippen LogP contribution in [0.3, 0.4) is 0 Å². The molecule has 1 fully saturated rings. The van der Waals surface area contributed by atoms with Crippen LogP contribution in [-0.2, 0) is 0 Å². The molecule has 2 aromatic rings. The Balaban J connectivity index is 1.90. The fraction of sp³-hybridized carbons (Fsp3) is 0.412. The molecule has 0 bridgehead atoms. The first-order valence-electron chi connectivity index (χ1n) is 7.36. The van der Waals surface area contributed by atoms with Crippen molar-refractivity contribution in [3.05, 3.63) is 45.8 Å². The van der Waals surface area contributed by atoms with Crippen molar-refractivity contribution in [2.75, 3.05) is 0 Å². The van der Waals surface area contributed by atoms with Crippen molar-refractivity contribution < 1.29 is 4.74 Å². The molecule has 4 heteroatoms. The van der Waals surface area contributed by atoms with Gasteiger partial charge in [0.15, 0.2) is 0 Å². The number of halogens is 1. The van der Waals surface area contributed by atoms with Gasteiger partial charge in [0, 0.05) is 12.0 Å². The summed E-state index contributed by atoms with van der Waals surface area (Å²) in [6, 6.07) is 8.18. The van der Waals surface area contributed by atoms with E-state index in [2.05, 4.69) is 64.9 Å². The Morgan fingerprint density at radius 3 is 2.62 bits per heavy atom. The van der Waals surface area contributed by atoms with E-state index < -0.39 is 0 Å². The van der Waals surface area contributed by atoms with E-state index in [1.165, 1.54) is 18.4 Å². The standard InChI is InChI=1S/C17H19BrN2O/c1-10(2)13-5-4-11(3)14(8-13)21-16-9-15(18)19-17(20-16)12-6-7-12/h4-5,8-10,12H,6-7H2,1-3H3. The summed E-state index contributed by atoms with van der Waals surface area (Å²) >= 11 is 3.45. The van der Waals surface area contributed by atoms with Crippen LogP contribution in [0.15, 0.2) is 28.9 Å². The van der Waals surface area contributed by atoms with Crippen LogP contribution in [0.1, 0.15) is 55.5 Å². The average Bonchev–Trinajstić information content (AvgIpc) is 3.24. The zero-order valence-corrected chi connectivity index (χ0v) is 14.1. The van der Waals surface area contributed by atoms with Gasteiger partial charge in [0.25, 0.3) is 0 Å². The summed E-state index contributed by atoms with van der Waals surface area (Å²) in [4.78, 5) is 8.97. The molecule has 3 nitrogen and oxygen atoms in total. The van der Waals surface area contributed by atoms with E-state index in [1.807, 2.05) is 6.07 Å². The van der Waals surface area contributed by atoms with Gasteiger partial charge in [-0.25, -0.2) is 4.98 Å². The smallest absolute Gasteiger partial charge is 0.223 e. The maximum absolute atomic E-state index is 6.02. The SMILES string of the molecule is Cc1ccc(C(C)C)cc1Oc1cc(Br)nc(C2CC2)n1. The van der Waals surface area contributed by atoms with Crippen molar-refractivity contribution in [2.45, 2.75) is 45.4 Å². The summed E-state index contributed by atoms with van der Waals surface area (Å²) in [5, 5.41) is 0. The van der Waals surface area contributed by atoms with Crippen LogP contribution >= 0.6 is 15.9 Å². The molecule has 3 rings (SSSR count). The van der Waals surface area contributed by atoms with Crippen molar-refractivity contribution in [2.24, 2.45) is 0 Å². The number of benzene rings is 1. The quantitative estimate of drug-likeness (QED) is 0.700. The largest absolute Gasteiger partial charge is 0.439 e. The first-order chi connectivity index (χ1) is 10.0. The molecule has 0 N–H and O–H groups in total. The Morgan fingerprint density at radius 2 is 1.95 bits per heavy atom. The molecule has 0 aliphatic heterocycles. The molecular formula is C17H19BrN2O. The van der Waals surface area contributed by atoms with Gasteiger partial charge in [-0.3, -0.25) is 0 Å². The summed E-state index contributed by atoms with van der Waals surface area (Å²) in [6.45, 7) is 6.42. The predicted molar refractivity (Wildman–Crippen MR) is 87.0 cm³/mol. The lowest BCUT2D eigenvalue weighted by molar-refractivity contribution is 0.453. The second-order valence-corrected chi connectivity index (χ2v) is 6.76. The Morgan fingerprint density at radius 1 is 1.19 bits per heavy atom. The van der Waals surface area contributed by atoms with Crippen molar-refractivity contribution in [1.82, 2.24) is 9.97 Å². The molecule has 1 aliphatic carbocycles. The van der Waals surface area contributed by atoms with E-state index in [0.717, 1.165) is 21.7 Å². The van der Waals surface area contributed by atoms with Gasteiger partial charge in [0.2, 0.25) is 5.88 Å². The molecule has 1 heterocycles. The number of hydrogen-bond acceptors (Lipinski definition) is 3. The lowest BCUT2D eigenvalue weighted by Gasteiger charge is -2.12. The van der Waals surface area contributed by atoms with E-state index in [4.69, 9.17) is 4.74 Å². The fourth-order valence-electron chi connectivity index (χ4n) is 2.19. The lowest BCUT2D eigenvalue weighted by atomic mass is 10.0. The van der Waals surface area contributed by atoms with E-state index in [0.29, 0.717) is 17.7 Å². The average molecular weight is 347 g/mol. The van der Waals surface area contributed by atoms with Gasteiger partial charge >= 0.3 is 0 Å². The van der Waals surface area contributed by atoms with Gasteiger partial charge in [-0.15, -0.1) is 0 Å². The second kappa shape index (κ2) is 5.76. The number of ether oxygens (including phenoxy) is 1. The molecule has 0 radical (unpaired) electrons. The van der Waals surface area contributed by atoms with Gasteiger partial charge in [-0.1, -0.05) is 26.0 Å². The number of aromatic nitrogens is 2. The van der Waals surface area contributed by atoms with E-state index >= 15 is 0 Å². The van der Waals surface area contributed by atoms with Crippen LogP contribution in [0.25, 0.3) is 0 Å². The molecule has 1 aromatic carbocycles. The monoisotopic (exact) mass is 346 g/mol. The first kappa shape index (κ1) is 14.5. The zero-order valence-electron chi connectivity index (χ0n) is 12.6. The molecule has 0 saturated heterocycles.